The van der Waals surface area contributed by atoms with E-state index >= 15 is 0 Å². The van der Waals surface area contributed by atoms with Crippen LogP contribution in [-0.2, 0) is 0 Å². The van der Waals surface area contributed by atoms with Gasteiger partial charge in [0.2, 0.25) is 0 Å². The highest BCUT2D eigenvalue weighted by Crippen LogP contribution is 2.42. The largest absolute Gasteiger partial charge is 0.0683 e. The summed E-state index contributed by atoms with van der Waals surface area (Å²) in [4.78, 5) is 0. The van der Waals surface area contributed by atoms with Crippen LogP contribution in [0.1, 0.15) is 144 Å². The summed E-state index contributed by atoms with van der Waals surface area (Å²) in [5.41, 5.74) is 0. The molecule has 0 aromatic rings. The predicted octanol–water partition coefficient (Wildman–Crippen LogP) is 10.3. The van der Waals surface area contributed by atoms with Crippen LogP contribution in [0, 0.1) is 47.3 Å². The van der Waals surface area contributed by atoms with Gasteiger partial charge >= 0.3 is 0 Å². The summed E-state index contributed by atoms with van der Waals surface area (Å²) in [6.45, 7) is 13.7. The molecule has 4 aliphatic rings. The Morgan fingerprint density at radius 2 is 0.400 bits per heavy atom. The Morgan fingerprint density at radius 3 is 0.533 bits per heavy atom. The van der Waals surface area contributed by atoms with Gasteiger partial charge in [0.05, 0.1) is 0 Å². The van der Waals surface area contributed by atoms with E-state index in [9.17, 15) is 0 Å². The fourth-order valence-corrected chi connectivity index (χ4v) is 7.03. The second kappa shape index (κ2) is 14.2. The monoisotopic (exact) mass is 418 g/mol. The summed E-state index contributed by atoms with van der Waals surface area (Å²) in [5, 5.41) is 0. The Labute approximate surface area is 191 Å². The van der Waals surface area contributed by atoms with Gasteiger partial charge < -0.3 is 0 Å². The lowest BCUT2D eigenvalue weighted by Gasteiger charge is -2.36. The zero-order valence-electron chi connectivity index (χ0n) is 21.9. The van der Waals surface area contributed by atoms with Crippen LogP contribution in [-0.4, -0.2) is 0 Å². The van der Waals surface area contributed by atoms with E-state index in [4.69, 9.17) is 0 Å². The lowest BCUT2D eigenvalue weighted by Crippen LogP contribution is -2.24. The maximum Gasteiger partial charge on any atom is -0.0386 e. The summed E-state index contributed by atoms with van der Waals surface area (Å²) < 4.78 is 0. The second-order valence-electron chi connectivity index (χ2n) is 12.1. The molecule has 0 N–H and O–H groups in total. The standard InChI is InChI=1S/2C14H26.C2H6/c2*1-11-3-7-13(8-4-11)14-9-5-12(2)6-10-14;1-2/h2*11-14H,3-10H2,1-2H3;1-2H3. The van der Waals surface area contributed by atoms with Crippen molar-refractivity contribution in [2.45, 2.75) is 144 Å². The first-order chi connectivity index (χ1) is 14.5. The first-order valence-electron chi connectivity index (χ1n) is 14.5. The van der Waals surface area contributed by atoms with E-state index in [1.165, 1.54) is 51.4 Å². The third-order valence-corrected chi connectivity index (χ3v) is 9.58. The maximum absolute atomic E-state index is 2.43. The van der Waals surface area contributed by atoms with Gasteiger partial charge in [-0.3, -0.25) is 0 Å². The van der Waals surface area contributed by atoms with Gasteiger partial charge in [-0.25, -0.2) is 0 Å². The van der Waals surface area contributed by atoms with E-state index in [0.717, 1.165) is 47.3 Å². The highest BCUT2D eigenvalue weighted by atomic mass is 14.3. The molecule has 4 saturated carbocycles. The van der Waals surface area contributed by atoms with E-state index in [1.54, 1.807) is 51.4 Å². The molecule has 4 aliphatic carbocycles. The van der Waals surface area contributed by atoms with E-state index < -0.39 is 0 Å². The molecule has 4 rings (SSSR count). The Morgan fingerprint density at radius 1 is 0.267 bits per heavy atom. The number of hydrogen-bond acceptors (Lipinski definition) is 0. The van der Waals surface area contributed by atoms with Gasteiger partial charge in [0.15, 0.2) is 0 Å². The van der Waals surface area contributed by atoms with Crippen molar-refractivity contribution in [3.63, 3.8) is 0 Å². The fourth-order valence-electron chi connectivity index (χ4n) is 7.03. The van der Waals surface area contributed by atoms with Crippen molar-refractivity contribution in [3.05, 3.63) is 0 Å². The smallest absolute Gasteiger partial charge is 0.0386 e. The molecule has 178 valence electrons. The Balaban J connectivity index is 0.000000197. The van der Waals surface area contributed by atoms with Gasteiger partial charge in [-0.15, -0.1) is 0 Å². The highest BCUT2D eigenvalue weighted by molar-refractivity contribution is 4.81. The molecule has 0 aliphatic heterocycles. The van der Waals surface area contributed by atoms with Crippen LogP contribution in [0.25, 0.3) is 0 Å². The van der Waals surface area contributed by atoms with Crippen molar-refractivity contribution in [2.24, 2.45) is 47.3 Å². The molecule has 4 fully saturated rings. The summed E-state index contributed by atoms with van der Waals surface area (Å²) in [5.74, 6) is 8.53. The minimum atomic E-state index is 1.02. The summed E-state index contributed by atoms with van der Waals surface area (Å²) in [7, 11) is 0. The molecule has 0 saturated heterocycles. The Hall–Kier alpha value is 0. The van der Waals surface area contributed by atoms with Crippen molar-refractivity contribution in [2.75, 3.05) is 0 Å². The summed E-state index contributed by atoms with van der Waals surface area (Å²) in [6, 6.07) is 0. The minimum Gasteiger partial charge on any atom is -0.0683 e. The van der Waals surface area contributed by atoms with Crippen molar-refractivity contribution in [1.82, 2.24) is 0 Å². The number of rotatable bonds is 2. The molecule has 0 bridgehead atoms. The second-order valence-corrected chi connectivity index (χ2v) is 12.1. The van der Waals surface area contributed by atoms with Gasteiger partial charge in [-0.05, 0) is 98.7 Å². The Kier molecular flexibility index (Phi) is 12.4. The van der Waals surface area contributed by atoms with Crippen molar-refractivity contribution < 1.29 is 0 Å². The zero-order valence-corrected chi connectivity index (χ0v) is 21.9. The first-order valence-corrected chi connectivity index (χ1v) is 14.5. The van der Waals surface area contributed by atoms with Crippen LogP contribution in [0.5, 0.6) is 0 Å². The number of hydrogen-bond donors (Lipinski definition) is 0. The van der Waals surface area contributed by atoms with Gasteiger partial charge in [0.25, 0.3) is 0 Å². The molecule has 0 spiro atoms. The average molecular weight is 419 g/mol. The van der Waals surface area contributed by atoms with Gasteiger partial charge in [-0.1, -0.05) is 92.9 Å². The SMILES string of the molecule is CC.CC1CCC(C2CCC(C)CC2)CC1.CC1CCC(C2CCC(C)CC2)CC1. The van der Waals surface area contributed by atoms with Crippen molar-refractivity contribution in [1.29, 1.82) is 0 Å². The lowest BCUT2D eigenvalue weighted by molar-refractivity contribution is 0.155. The minimum absolute atomic E-state index is 1.02. The predicted molar refractivity (Wildman–Crippen MR) is 136 cm³/mol. The summed E-state index contributed by atoms with van der Waals surface area (Å²) in [6.07, 6.45) is 24.4. The zero-order chi connectivity index (χ0) is 21.9. The van der Waals surface area contributed by atoms with Crippen molar-refractivity contribution >= 4 is 0 Å². The molecule has 0 heteroatoms. The van der Waals surface area contributed by atoms with E-state index in [0.29, 0.717) is 0 Å². The lowest BCUT2D eigenvalue weighted by atomic mass is 9.70. The quantitative estimate of drug-likeness (QED) is 0.418. The van der Waals surface area contributed by atoms with Crippen LogP contribution in [0.3, 0.4) is 0 Å². The molecule has 0 radical (unpaired) electrons. The molecule has 30 heavy (non-hydrogen) atoms. The van der Waals surface area contributed by atoms with Crippen LogP contribution in [0.2, 0.25) is 0 Å². The Bertz CT molecular complexity index is 314. The summed E-state index contributed by atoms with van der Waals surface area (Å²) >= 11 is 0. The molecule has 0 aromatic heterocycles. The molecule has 0 unspecified atom stereocenters. The molecular formula is C30H58. The van der Waals surface area contributed by atoms with Crippen LogP contribution >= 0.6 is 0 Å². The van der Waals surface area contributed by atoms with E-state index in [1.807, 2.05) is 13.8 Å². The molecule has 0 nitrogen and oxygen atoms in total. The third-order valence-electron chi connectivity index (χ3n) is 9.58. The molecule has 0 heterocycles. The van der Waals surface area contributed by atoms with Gasteiger partial charge in [0.1, 0.15) is 0 Å². The van der Waals surface area contributed by atoms with Gasteiger partial charge in [-0.2, -0.15) is 0 Å². The van der Waals surface area contributed by atoms with Gasteiger partial charge in [0, 0.05) is 0 Å². The average Bonchev–Trinajstić information content (AvgIpc) is 2.78. The van der Waals surface area contributed by atoms with Crippen LogP contribution in [0.4, 0.5) is 0 Å². The van der Waals surface area contributed by atoms with Crippen molar-refractivity contribution in [3.8, 4) is 0 Å². The molecule has 0 amide bonds. The molecule has 0 aromatic carbocycles. The topological polar surface area (TPSA) is 0 Å². The first kappa shape index (κ1) is 26.3. The van der Waals surface area contributed by atoms with Crippen LogP contribution in [0.15, 0.2) is 0 Å². The highest BCUT2D eigenvalue weighted by Gasteiger charge is 2.29. The van der Waals surface area contributed by atoms with Crippen LogP contribution < -0.4 is 0 Å². The maximum atomic E-state index is 2.43. The van der Waals surface area contributed by atoms with E-state index in [2.05, 4.69) is 27.7 Å². The molecule has 0 atom stereocenters. The third kappa shape index (κ3) is 8.86. The fraction of sp³-hybridized carbons (Fsp3) is 1.00. The molecular weight excluding hydrogens is 360 g/mol. The van der Waals surface area contributed by atoms with E-state index in [-0.39, 0.29) is 0 Å². The normalized spacial score (nSPS) is 42.2.